The van der Waals surface area contributed by atoms with E-state index in [1.54, 1.807) is 0 Å². The maximum absolute atomic E-state index is 12.9. The number of hydrogen-bond acceptors (Lipinski definition) is 14. The van der Waals surface area contributed by atoms with Crippen LogP contribution in [0.1, 0.15) is 10.4 Å². The van der Waals surface area contributed by atoms with Crippen molar-refractivity contribution < 1.29 is 74.5 Å². The van der Waals surface area contributed by atoms with Gasteiger partial charge in [0, 0.05) is 18.2 Å². The second kappa shape index (κ2) is 11.2. The molecule has 43 heavy (non-hydrogen) atoms. The Bertz CT molecular complexity index is 1680. The lowest BCUT2D eigenvalue weighted by Gasteiger charge is -2.41. The fraction of sp³-hybridized carbons (Fsp3) is 0.214. The van der Waals surface area contributed by atoms with Gasteiger partial charge in [0.15, 0.2) is 34.9 Å². The van der Waals surface area contributed by atoms with E-state index >= 15 is 0 Å². The molecule has 0 spiro atoms. The molecule has 1 fully saturated rings. The quantitative estimate of drug-likeness (QED) is 0.0850. The van der Waals surface area contributed by atoms with Crippen molar-refractivity contribution in [1.82, 2.24) is 0 Å². The minimum Gasteiger partial charge on any atom is -0.507 e. The second-order valence-electron chi connectivity index (χ2n) is 9.58. The monoisotopic (exact) mass is 601 g/mol. The van der Waals surface area contributed by atoms with E-state index in [0.717, 1.165) is 30.3 Å². The Morgan fingerprint density at radius 1 is 0.814 bits per heavy atom. The van der Waals surface area contributed by atoms with Crippen molar-refractivity contribution >= 4 is 16.9 Å². The maximum atomic E-state index is 12.9. The van der Waals surface area contributed by atoms with Gasteiger partial charge in [0.2, 0.25) is 12.0 Å². The molecule has 1 aliphatic heterocycles. The summed E-state index contributed by atoms with van der Waals surface area (Å²) in [5.41, 5.74) is -0.410. The van der Waals surface area contributed by atoms with Crippen molar-refractivity contribution in [2.24, 2.45) is 0 Å². The highest BCUT2D eigenvalue weighted by Gasteiger charge is 2.49. The molecule has 226 valence electrons. The maximum Gasteiger partial charge on any atom is 0.402 e. The lowest BCUT2D eigenvalue weighted by molar-refractivity contribution is -0.276. The molecule has 15 nitrogen and oxygen atoms in total. The average Bonchev–Trinajstić information content (AvgIpc) is 2.96. The van der Waals surface area contributed by atoms with Crippen molar-refractivity contribution in [2.75, 3.05) is 6.61 Å². The summed E-state index contributed by atoms with van der Waals surface area (Å²) in [7, 11) is 0. The van der Waals surface area contributed by atoms with Crippen LogP contribution in [0.4, 0.5) is 0 Å². The molecule has 4 aromatic rings. The molecule has 15 heteroatoms. The van der Waals surface area contributed by atoms with Crippen LogP contribution in [-0.2, 0) is 9.47 Å². The minimum atomic E-state index is -1.93. The summed E-state index contributed by atoms with van der Waals surface area (Å²) in [4.78, 5) is 12.9. The van der Waals surface area contributed by atoms with Gasteiger partial charge < -0.3 is 65.3 Å². The Balaban J connectivity index is 1.59. The molecule has 3 aromatic carbocycles. The summed E-state index contributed by atoms with van der Waals surface area (Å²) < 4.78 is 22.7. The van der Waals surface area contributed by atoms with Gasteiger partial charge >= 0.3 is 17.3 Å². The van der Waals surface area contributed by atoms with Gasteiger partial charge in [-0.1, -0.05) is 0 Å². The molecule has 1 aromatic heterocycles. The van der Waals surface area contributed by atoms with E-state index in [2.05, 4.69) is 0 Å². The first-order valence-corrected chi connectivity index (χ1v) is 12.5. The predicted octanol–water partition coefficient (Wildman–Crippen LogP) is 1.36. The van der Waals surface area contributed by atoms with E-state index < -0.39 is 83.3 Å². The number of rotatable bonds is 6. The molecule has 2 heterocycles. The second-order valence-corrected chi connectivity index (χ2v) is 9.58. The van der Waals surface area contributed by atoms with E-state index in [1.165, 1.54) is 18.2 Å². The van der Waals surface area contributed by atoms with Crippen molar-refractivity contribution in [3.05, 3.63) is 54.1 Å². The van der Waals surface area contributed by atoms with Crippen LogP contribution in [0.5, 0.6) is 46.0 Å². The molecule has 0 saturated carbocycles. The van der Waals surface area contributed by atoms with Crippen molar-refractivity contribution in [2.45, 2.75) is 30.7 Å². The summed E-state index contributed by atoms with van der Waals surface area (Å²) in [5.74, 6) is -6.09. The van der Waals surface area contributed by atoms with Crippen LogP contribution in [0.3, 0.4) is 0 Å². The molecule has 0 bridgehead atoms. The standard InChI is InChI=1S/C28H24O15/c29-9-21-23(37)24(38)26(43-27(39)11-4-17(34)22(36)18(35)5-11)28(42-21)41-20-8-13-15(32)6-12(30)7-19(13)40-25(20)10-1-2-14(31)16(33)3-10/h1-8,21,23-24,26,28-29,37-38H,9H2,(H6-,30,31,32,33,34,35,36,39)/p+1/t21-,23+,24+,26-,28-/m1/s1. The van der Waals surface area contributed by atoms with Crippen LogP contribution in [-0.4, -0.2) is 94.3 Å². The number of benzene rings is 3. The van der Waals surface area contributed by atoms with Gasteiger partial charge in [-0.15, -0.1) is 0 Å². The average molecular weight is 601 g/mol. The summed E-state index contributed by atoms with van der Waals surface area (Å²) in [6, 6.07) is 8.53. The number of aliphatic hydroxyl groups excluding tert-OH is 3. The Morgan fingerprint density at radius 2 is 1.51 bits per heavy atom. The van der Waals surface area contributed by atoms with Crippen LogP contribution in [0.2, 0.25) is 0 Å². The van der Waals surface area contributed by atoms with Gasteiger partial charge in [0.25, 0.3) is 0 Å². The van der Waals surface area contributed by atoms with Crippen LogP contribution < -0.4 is 4.74 Å². The number of phenols is 7. The zero-order valence-electron chi connectivity index (χ0n) is 21.7. The van der Waals surface area contributed by atoms with Gasteiger partial charge in [-0.05, 0) is 24.3 Å². The molecule has 0 amide bonds. The highest BCUT2D eigenvalue weighted by molar-refractivity contribution is 5.91. The SMILES string of the molecule is O=C(O[C@H]1[C@H](Oc2cc3c(O)cc(O)cc3[o+]c2-c2ccc(O)c(O)c2)O[C@H](CO)[C@H](O)[C@@H]1O)c1cc(O)c(O)c(O)c1. The van der Waals surface area contributed by atoms with E-state index in [0.29, 0.717) is 0 Å². The third-order valence-corrected chi connectivity index (χ3v) is 6.67. The first-order valence-electron chi connectivity index (χ1n) is 12.5. The van der Waals surface area contributed by atoms with Crippen molar-refractivity contribution in [1.29, 1.82) is 0 Å². The number of carbonyl (C=O) groups excluding carboxylic acids is 1. The number of esters is 1. The summed E-state index contributed by atoms with van der Waals surface area (Å²) >= 11 is 0. The topological polar surface area (TPSA) is 258 Å². The molecule has 5 rings (SSSR count). The minimum absolute atomic E-state index is 0.0123. The first-order chi connectivity index (χ1) is 20.4. The number of ether oxygens (including phenoxy) is 3. The fourth-order valence-electron chi connectivity index (χ4n) is 4.45. The van der Waals surface area contributed by atoms with Gasteiger partial charge in [0.05, 0.1) is 23.8 Å². The summed E-state index contributed by atoms with van der Waals surface area (Å²) in [5, 5.41) is 100. The van der Waals surface area contributed by atoms with E-state index in [9.17, 15) is 55.9 Å². The largest absolute Gasteiger partial charge is 0.507 e. The number of fused-ring (bicyclic) bond motifs is 1. The smallest absolute Gasteiger partial charge is 0.402 e. The van der Waals surface area contributed by atoms with Crippen LogP contribution in [0.15, 0.2) is 52.9 Å². The van der Waals surface area contributed by atoms with Crippen LogP contribution in [0, 0.1) is 0 Å². The van der Waals surface area contributed by atoms with Gasteiger partial charge in [-0.2, -0.15) is 0 Å². The Morgan fingerprint density at radius 3 is 2.16 bits per heavy atom. The Hall–Kier alpha value is -5.22. The molecule has 10 N–H and O–H groups in total. The highest BCUT2D eigenvalue weighted by Crippen LogP contribution is 2.42. The molecule has 5 atom stereocenters. The number of carbonyl (C=O) groups is 1. The van der Waals surface area contributed by atoms with Crippen LogP contribution in [0.25, 0.3) is 22.3 Å². The van der Waals surface area contributed by atoms with Crippen molar-refractivity contribution in [3.8, 4) is 57.3 Å². The zero-order valence-corrected chi connectivity index (χ0v) is 21.7. The lowest BCUT2D eigenvalue weighted by atomic mass is 9.99. The summed E-state index contributed by atoms with van der Waals surface area (Å²) in [6.45, 7) is -0.806. The van der Waals surface area contributed by atoms with Crippen molar-refractivity contribution in [3.63, 3.8) is 0 Å². The molecule has 1 aliphatic rings. The molecular formula is C28H25O15+. The Labute approximate surface area is 240 Å². The molecule has 0 radical (unpaired) electrons. The normalized spacial score (nSPS) is 21.9. The number of aliphatic hydroxyl groups is 3. The molecular weight excluding hydrogens is 576 g/mol. The van der Waals surface area contributed by atoms with Gasteiger partial charge in [0.1, 0.15) is 35.2 Å². The number of aromatic hydroxyl groups is 7. The Kier molecular flexibility index (Phi) is 7.64. The number of hydrogen-bond donors (Lipinski definition) is 10. The van der Waals surface area contributed by atoms with E-state index in [-0.39, 0.29) is 33.8 Å². The zero-order chi connectivity index (χ0) is 31.2. The van der Waals surface area contributed by atoms with E-state index in [4.69, 9.17) is 18.6 Å². The third-order valence-electron chi connectivity index (χ3n) is 6.67. The van der Waals surface area contributed by atoms with Gasteiger partial charge in [-0.25, -0.2) is 9.21 Å². The molecule has 0 unspecified atom stereocenters. The lowest BCUT2D eigenvalue weighted by Crippen LogP contribution is -2.61. The fourth-order valence-corrected chi connectivity index (χ4v) is 4.45. The number of phenolic OH excluding ortho intramolecular Hbond substituents is 7. The highest BCUT2D eigenvalue weighted by atomic mass is 16.7. The van der Waals surface area contributed by atoms with Gasteiger partial charge in [-0.3, -0.25) is 0 Å². The van der Waals surface area contributed by atoms with Crippen LogP contribution >= 0.6 is 0 Å². The first kappa shape index (κ1) is 29.3. The summed E-state index contributed by atoms with van der Waals surface area (Å²) in [6.07, 6.45) is -8.79. The predicted molar refractivity (Wildman–Crippen MR) is 142 cm³/mol. The third kappa shape index (κ3) is 5.52. The van der Waals surface area contributed by atoms with E-state index in [1.807, 2.05) is 0 Å². The molecule has 0 aliphatic carbocycles. The molecule has 1 saturated heterocycles.